The van der Waals surface area contributed by atoms with Gasteiger partial charge in [0.1, 0.15) is 0 Å². The Kier molecular flexibility index (Phi) is 5.19. The van der Waals surface area contributed by atoms with Crippen LogP contribution in [0.5, 0.6) is 0 Å². The van der Waals surface area contributed by atoms with Gasteiger partial charge < -0.3 is 19.9 Å². The number of ether oxygens (including phenoxy) is 1. The molecule has 2 heterocycles. The van der Waals surface area contributed by atoms with Crippen molar-refractivity contribution < 1.29 is 9.53 Å². The SMILES string of the molecule is COCC1(C(=O)N2CCCN(C)CC2)CCNCC1. The molecule has 1 amide bonds. The Hall–Kier alpha value is -0.650. The molecule has 2 fully saturated rings. The first-order valence-corrected chi connectivity index (χ1v) is 7.35. The van der Waals surface area contributed by atoms with E-state index in [4.69, 9.17) is 4.74 Å². The van der Waals surface area contributed by atoms with Gasteiger partial charge in [-0.3, -0.25) is 4.79 Å². The van der Waals surface area contributed by atoms with Crippen LogP contribution in [0.3, 0.4) is 0 Å². The summed E-state index contributed by atoms with van der Waals surface area (Å²) in [7, 11) is 3.83. The first-order chi connectivity index (χ1) is 9.18. The molecule has 0 saturated carbocycles. The van der Waals surface area contributed by atoms with Crippen LogP contribution in [-0.2, 0) is 9.53 Å². The molecule has 0 aliphatic carbocycles. The highest BCUT2D eigenvalue weighted by atomic mass is 16.5. The Morgan fingerprint density at radius 1 is 1.21 bits per heavy atom. The highest BCUT2D eigenvalue weighted by molar-refractivity contribution is 5.83. The highest BCUT2D eigenvalue weighted by Gasteiger charge is 2.42. The number of carbonyl (C=O) groups is 1. The monoisotopic (exact) mass is 269 g/mol. The van der Waals surface area contributed by atoms with Crippen LogP contribution in [0.4, 0.5) is 0 Å². The summed E-state index contributed by atoms with van der Waals surface area (Å²) < 4.78 is 5.36. The fraction of sp³-hybridized carbons (Fsp3) is 0.929. The average molecular weight is 269 g/mol. The molecule has 19 heavy (non-hydrogen) atoms. The Balaban J connectivity index is 2.05. The summed E-state index contributed by atoms with van der Waals surface area (Å²) in [4.78, 5) is 17.3. The van der Waals surface area contributed by atoms with Crippen molar-refractivity contribution in [2.45, 2.75) is 19.3 Å². The molecule has 0 atom stereocenters. The van der Waals surface area contributed by atoms with Gasteiger partial charge in [-0.05, 0) is 45.9 Å². The third kappa shape index (κ3) is 3.46. The second-order valence-electron chi connectivity index (χ2n) is 5.91. The zero-order chi connectivity index (χ0) is 13.7. The number of likely N-dealkylation sites (N-methyl/N-ethyl adjacent to an activating group) is 1. The molecule has 5 nitrogen and oxygen atoms in total. The number of amides is 1. The highest BCUT2D eigenvalue weighted by Crippen LogP contribution is 2.32. The van der Waals surface area contributed by atoms with E-state index in [1.165, 1.54) is 0 Å². The van der Waals surface area contributed by atoms with E-state index in [2.05, 4.69) is 22.2 Å². The van der Waals surface area contributed by atoms with E-state index in [1.807, 2.05) is 0 Å². The first kappa shape index (κ1) is 14.8. The number of nitrogens with one attached hydrogen (secondary N) is 1. The molecule has 2 rings (SSSR count). The van der Waals surface area contributed by atoms with Crippen molar-refractivity contribution in [3.8, 4) is 0 Å². The normalized spacial score (nSPS) is 25.1. The lowest BCUT2D eigenvalue weighted by atomic mass is 9.78. The Labute approximate surface area is 116 Å². The molecule has 2 aliphatic rings. The van der Waals surface area contributed by atoms with Crippen LogP contribution in [0, 0.1) is 5.41 Å². The minimum Gasteiger partial charge on any atom is -0.384 e. The second-order valence-corrected chi connectivity index (χ2v) is 5.91. The van der Waals surface area contributed by atoms with Gasteiger partial charge in [0.25, 0.3) is 0 Å². The minimum atomic E-state index is -0.289. The van der Waals surface area contributed by atoms with Gasteiger partial charge in [0.05, 0.1) is 12.0 Å². The molecule has 2 aliphatic heterocycles. The van der Waals surface area contributed by atoms with Crippen molar-refractivity contribution >= 4 is 5.91 Å². The molecule has 0 aromatic rings. The van der Waals surface area contributed by atoms with Gasteiger partial charge >= 0.3 is 0 Å². The van der Waals surface area contributed by atoms with Gasteiger partial charge in [0.2, 0.25) is 5.91 Å². The van der Waals surface area contributed by atoms with Crippen LogP contribution in [0.15, 0.2) is 0 Å². The molecule has 1 N–H and O–H groups in total. The third-order valence-electron chi connectivity index (χ3n) is 4.44. The molecule has 0 unspecified atom stereocenters. The van der Waals surface area contributed by atoms with Crippen LogP contribution in [-0.4, -0.2) is 75.7 Å². The summed E-state index contributed by atoms with van der Waals surface area (Å²) in [5.41, 5.74) is -0.289. The van der Waals surface area contributed by atoms with Crippen molar-refractivity contribution in [2.24, 2.45) is 5.41 Å². The molecule has 5 heteroatoms. The quantitative estimate of drug-likeness (QED) is 0.793. The van der Waals surface area contributed by atoms with Crippen LogP contribution in [0.2, 0.25) is 0 Å². The molecule has 0 bridgehead atoms. The molecule has 0 aromatic heterocycles. The maximum Gasteiger partial charge on any atom is 0.231 e. The number of nitrogens with zero attached hydrogens (tertiary/aromatic N) is 2. The van der Waals surface area contributed by atoms with E-state index in [0.29, 0.717) is 12.5 Å². The Morgan fingerprint density at radius 3 is 2.63 bits per heavy atom. The summed E-state index contributed by atoms with van der Waals surface area (Å²) in [5, 5.41) is 3.34. The number of piperidine rings is 1. The van der Waals surface area contributed by atoms with E-state index in [0.717, 1.165) is 58.5 Å². The van der Waals surface area contributed by atoms with E-state index >= 15 is 0 Å². The number of rotatable bonds is 3. The third-order valence-corrected chi connectivity index (χ3v) is 4.44. The van der Waals surface area contributed by atoms with E-state index < -0.39 is 0 Å². The lowest BCUT2D eigenvalue weighted by Crippen LogP contribution is -2.52. The summed E-state index contributed by atoms with van der Waals surface area (Å²) in [6, 6.07) is 0. The fourth-order valence-electron chi connectivity index (χ4n) is 3.19. The fourth-order valence-corrected chi connectivity index (χ4v) is 3.19. The Morgan fingerprint density at radius 2 is 1.95 bits per heavy atom. The Bertz CT molecular complexity index is 298. The first-order valence-electron chi connectivity index (χ1n) is 7.35. The van der Waals surface area contributed by atoms with E-state index in [1.54, 1.807) is 7.11 Å². The topological polar surface area (TPSA) is 44.8 Å². The van der Waals surface area contributed by atoms with Crippen molar-refractivity contribution in [3.63, 3.8) is 0 Å². The van der Waals surface area contributed by atoms with Gasteiger partial charge in [-0.25, -0.2) is 0 Å². The molecule has 2 saturated heterocycles. The molecular weight excluding hydrogens is 242 g/mol. The molecule has 110 valence electrons. The standard InChI is InChI=1S/C14H27N3O2/c1-16-8-3-9-17(11-10-16)13(18)14(12-19-2)4-6-15-7-5-14/h15H,3-12H2,1-2H3. The average Bonchev–Trinajstić information content (AvgIpc) is 2.64. The van der Waals surface area contributed by atoms with Gasteiger partial charge in [-0.1, -0.05) is 0 Å². The van der Waals surface area contributed by atoms with Crippen LogP contribution in [0.1, 0.15) is 19.3 Å². The molecular formula is C14H27N3O2. The minimum absolute atomic E-state index is 0.289. The van der Waals surface area contributed by atoms with Crippen molar-refractivity contribution in [2.75, 3.05) is 60.0 Å². The predicted molar refractivity (Wildman–Crippen MR) is 75.1 cm³/mol. The maximum atomic E-state index is 12.9. The van der Waals surface area contributed by atoms with Crippen LogP contribution in [0.25, 0.3) is 0 Å². The van der Waals surface area contributed by atoms with Crippen LogP contribution >= 0.6 is 0 Å². The van der Waals surface area contributed by atoms with Gasteiger partial charge in [-0.2, -0.15) is 0 Å². The number of methoxy groups -OCH3 is 1. The summed E-state index contributed by atoms with van der Waals surface area (Å²) in [5.74, 6) is 0.311. The summed E-state index contributed by atoms with van der Waals surface area (Å²) in [6.07, 6.45) is 2.86. The molecule has 0 aromatic carbocycles. The smallest absolute Gasteiger partial charge is 0.231 e. The van der Waals surface area contributed by atoms with Crippen molar-refractivity contribution in [3.05, 3.63) is 0 Å². The van der Waals surface area contributed by atoms with Gasteiger partial charge in [0, 0.05) is 26.7 Å². The van der Waals surface area contributed by atoms with Crippen molar-refractivity contribution in [1.29, 1.82) is 0 Å². The summed E-state index contributed by atoms with van der Waals surface area (Å²) in [6.45, 7) is 6.21. The van der Waals surface area contributed by atoms with Gasteiger partial charge in [-0.15, -0.1) is 0 Å². The summed E-state index contributed by atoms with van der Waals surface area (Å²) >= 11 is 0. The predicted octanol–water partition coefficient (Wildman–Crippen LogP) is 0.167. The lowest BCUT2D eigenvalue weighted by molar-refractivity contribution is -0.147. The van der Waals surface area contributed by atoms with Crippen LogP contribution < -0.4 is 5.32 Å². The number of hydrogen-bond acceptors (Lipinski definition) is 4. The maximum absolute atomic E-state index is 12.9. The molecule has 0 radical (unpaired) electrons. The van der Waals surface area contributed by atoms with Crippen molar-refractivity contribution in [1.82, 2.24) is 15.1 Å². The van der Waals surface area contributed by atoms with E-state index in [-0.39, 0.29) is 5.41 Å². The zero-order valence-corrected chi connectivity index (χ0v) is 12.3. The lowest BCUT2D eigenvalue weighted by Gasteiger charge is -2.39. The molecule has 0 spiro atoms. The number of carbonyl (C=O) groups excluding carboxylic acids is 1. The van der Waals surface area contributed by atoms with E-state index in [9.17, 15) is 4.79 Å². The largest absolute Gasteiger partial charge is 0.384 e. The second kappa shape index (κ2) is 6.68. The zero-order valence-electron chi connectivity index (χ0n) is 12.3. The number of hydrogen-bond donors (Lipinski definition) is 1. The van der Waals surface area contributed by atoms with Gasteiger partial charge in [0.15, 0.2) is 0 Å².